The van der Waals surface area contributed by atoms with Crippen molar-refractivity contribution in [1.82, 2.24) is 0 Å². The van der Waals surface area contributed by atoms with Gasteiger partial charge >= 0.3 is 0 Å². The Bertz CT molecular complexity index is 2920. The second kappa shape index (κ2) is 12.7. The molecule has 0 saturated heterocycles. The van der Waals surface area contributed by atoms with Crippen molar-refractivity contribution in [2.45, 2.75) is 0 Å². The average Bonchev–Trinajstić information content (AvgIpc) is 3.59. The third-order valence-electron chi connectivity index (χ3n) is 10.2. The molecule has 1 aromatic heterocycles. The van der Waals surface area contributed by atoms with E-state index in [4.69, 9.17) is 0 Å². The summed E-state index contributed by atoms with van der Waals surface area (Å²) in [6.07, 6.45) is 0. The first-order valence-corrected chi connectivity index (χ1v) is 18.6. The lowest BCUT2D eigenvalue weighted by molar-refractivity contribution is 1.29. The van der Waals surface area contributed by atoms with E-state index in [-0.39, 0.29) is 0 Å². The fourth-order valence-corrected chi connectivity index (χ4v) is 8.70. The third-order valence-corrected chi connectivity index (χ3v) is 11.4. The quantitative estimate of drug-likeness (QED) is 0.169. The molecule has 52 heavy (non-hydrogen) atoms. The molecule has 10 rings (SSSR count). The minimum Gasteiger partial charge on any atom is -0.310 e. The van der Waals surface area contributed by atoms with Crippen LogP contribution in [0.2, 0.25) is 0 Å². The fraction of sp³-hybridized carbons (Fsp3) is 0. The first kappa shape index (κ1) is 30.4. The summed E-state index contributed by atoms with van der Waals surface area (Å²) in [5.41, 5.74) is 10.6. The Morgan fingerprint density at radius 1 is 0.308 bits per heavy atom. The topological polar surface area (TPSA) is 3.24 Å². The third kappa shape index (κ3) is 5.42. The monoisotopic (exact) mass is 679 g/mol. The highest BCUT2D eigenvalue weighted by molar-refractivity contribution is 7.25. The van der Waals surface area contributed by atoms with E-state index in [0.717, 1.165) is 17.1 Å². The number of hydrogen-bond acceptors (Lipinski definition) is 2. The highest BCUT2D eigenvalue weighted by Gasteiger charge is 2.19. The molecule has 0 bridgehead atoms. The van der Waals surface area contributed by atoms with Gasteiger partial charge in [0.1, 0.15) is 0 Å². The van der Waals surface area contributed by atoms with Gasteiger partial charge in [-0.25, -0.2) is 0 Å². The normalized spacial score (nSPS) is 11.5. The van der Waals surface area contributed by atoms with Gasteiger partial charge in [-0.3, -0.25) is 0 Å². The predicted molar refractivity (Wildman–Crippen MR) is 225 cm³/mol. The van der Waals surface area contributed by atoms with Crippen molar-refractivity contribution in [3.05, 3.63) is 200 Å². The molecule has 1 nitrogen and oxygen atoms in total. The minimum atomic E-state index is 1.12. The molecule has 0 N–H and O–H groups in total. The number of fused-ring (bicyclic) bond motifs is 5. The van der Waals surface area contributed by atoms with Crippen molar-refractivity contribution in [2.75, 3.05) is 4.90 Å². The summed E-state index contributed by atoms with van der Waals surface area (Å²) in [4.78, 5) is 2.43. The van der Waals surface area contributed by atoms with Crippen molar-refractivity contribution in [3.63, 3.8) is 0 Å². The molecule has 0 aliphatic rings. The lowest BCUT2D eigenvalue weighted by atomic mass is 9.96. The van der Waals surface area contributed by atoms with Gasteiger partial charge < -0.3 is 4.90 Å². The molecule has 0 unspecified atom stereocenters. The highest BCUT2D eigenvalue weighted by atomic mass is 32.1. The molecule has 0 radical (unpaired) electrons. The van der Waals surface area contributed by atoms with Gasteiger partial charge in [-0.05, 0) is 110 Å². The van der Waals surface area contributed by atoms with Crippen LogP contribution in [0.3, 0.4) is 0 Å². The predicted octanol–water partition coefficient (Wildman–Crippen LogP) is 14.8. The number of para-hydroxylation sites is 1. The van der Waals surface area contributed by atoms with E-state index in [9.17, 15) is 0 Å². The van der Waals surface area contributed by atoms with Crippen LogP contribution in [0, 0.1) is 0 Å². The van der Waals surface area contributed by atoms with Crippen molar-refractivity contribution < 1.29 is 0 Å². The van der Waals surface area contributed by atoms with Gasteiger partial charge in [0, 0.05) is 37.1 Å². The molecule has 0 saturated carbocycles. The van der Waals surface area contributed by atoms with Crippen LogP contribution in [0.15, 0.2) is 200 Å². The zero-order chi connectivity index (χ0) is 34.4. The molecule has 9 aromatic carbocycles. The highest BCUT2D eigenvalue weighted by Crippen LogP contribution is 2.44. The fourth-order valence-electron chi connectivity index (χ4n) is 7.61. The number of hydrogen-bond donors (Lipinski definition) is 0. The molecule has 0 amide bonds. The van der Waals surface area contributed by atoms with E-state index in [1.165, 1.54) is 75.1 Å². The average molecular weight is 680 g/mol. The van der Waals surface area contributed by atoms with Gasteiger partial charge in [0.15, 0.2) is 0 Å². The molecule has 0 spiro atoms. The summed E-state index contributed by atoms with van der Waals surface area (Å²) < 4.78 is 2.61. The standard InChI is InChI=1S/C50H33NS/c1-2-12-36(13-3-1)45-17-6-8-19-48(45)51(44-27-28-50-47(33-44)46-18-7-9-20-49(46)52-50)43-16-10-15-38(32-43)40-25-22-35-23-26-41(31-42(35)30-40)39-24-21-34-11-4-5-14-37(34)29-39/h1-33H. The number of rotatable bonds is 6. The van der Waals surface area contributed by atoms with E-state index in [1.807, 2.05) is 11.3 Å². The van der Waals surface area contributed by atoms with Crippen LogP contribution in [-0.4, -0.2) is 0 Å². The van der Waals surface area contributed by atoms with Crippen molar-refractivity contribution in [1.29, 1.82) is 0 Å². The Morgan fingerprint density at radius 2 is 0.885 bits per heavy atom. The Balaban J connectivity index is 1.11. The molecular weight excluding hydrogens is 647 g/mol. The van der Waals surface area contributed by atoms with Crippen LogP contribution in [0.25, 0.3) is 75.1 Å². The second-order valence-corrected chi connectivity index (χ2v) is 14.5. The van der Waals surface area contributed by atoms with E-state index in [2.05, 4.69) is 205 Å². The van der Waals surface area contributed by atoms with E-state index in [1.54, 1.807) is 0 Å². The summed E-state index contributed by atoms with van der Waals surface area (Å²) >= 11 is 1.86. The Hall–Kier alpha value is -6.48. The van der Waals surface area contributed by atoms with Gasteiger partial charge in [0.05, 0.1) is 5.69 Å². The largest absolute Gasteiger partial charge is 0.310 e. The first-order valence-electron chi connectivity index (χ1n) is 17.7. The Labute approximate surface area is 307 Å². The summed E-state index contributed by atoms with van der Waals surface area (Å²) in [7, 11) is 0. The summed E-state index contributed by atoms with van der Waals surface area (Å²) in [6.45, 7) is 0. The number of nitrogens with zero attached hydrogens (tertiary/aromatic N) is 1. The smallest absolute Gasteiger partial charge is 0.0540 e. The molecule has 2 heteroatoms. The Morgan fingerprint density at radius 3 is 1.69 bits per heavy atom. The van der Waals surface area contributed by atoms with E-state index in [0.29, 0.717) is 0 Å². The summed E-state index contributed by atoms with van der Waals surface area (Å²) in [5.74, 6) is 0. The minimum absolute atomic E-state index is 1.12. The van der Waals surface area contributed by atoms with Gasteiger partial charge in [0.2, 0.25) is 0 Å². The number of thiophene rings is 1. The van der Waals surface area contributed by atoms with Crippen molar-refractivity contribution >= 4 is 70.1 Å². The number of benzene rings is 9. The molecule has 244 valence electrons. The lowest BCUT2D eigenvalue weighted by Gasteiger charge is -2.28. The summed E-state index contributed by atoms with van der Waals surface area (Å²) in [6, 6.07) is 73.1. The van der Waals surface area contributed by atoms with Gasteiger partial charge in [-0.2, -0.15) is 0 Å². The van der Waals surface area contributed by atoms with Gasteiger partial charge in [-0.15, -0.1) is 11.3 Å². The van der Waals surface area contributed by atoms with Crippen LogP contribution in [0.1, 0.15) is 0 Å². The molecular formula is C50H33NS. The molecule has 10 aromatic rings. The summed E-state index contributed by atoms with van der Waals surface area (Å²) in [5, 5.41) is 7.57. The Kier molecular flexibility index (Phi) is 7.41. The first-order chi connectivity index (χ1) is 25.7. The number of anilines is 3. The van der Waals surface area contributed by atoms with Crippen LogP contribution in [0.4, 0.5) is 17.1 Å². The molecule has 0 aliphatic heterocycles. The van der Waals surface area contributed by atoms with E-state index < -0.39 is 0 Å². The molecule has 1 heterocycles. The maximum atomic E-state index is 2.43. The van der Waals surface area contributed by atoms with Crippen molar-refractivity contribution in [2.24, 2.45) is 0 Å². The zero-order valence-corrected chi connectivity index (χ0v) is 29.2. The zero-order valence-electron chi connectivity index (χ0n) is 28.4. The molecule has 0 atom stereocenters. The van der Waals surface area contributed by atoms with Crippen LogP contribution >= 0.6 is 11.3 Å². The SMILES string of the molecule is c1ccc(-c2ccccc2N(c2cccc(-c3ccc4ccc(-c5ccc6ccccc6c5)cc4c3)c2)c2ccc3sc4ccccc4c3c2)cc1. The van der Waals surface area contributed by atoms with E-state index >= 15 is 0 Å². The second-order valence-electron chi connectivity index (χ2n) is 13.4. The molecule has 0 aliphatic carbocycles. The van der Waals surface area contributed by atoms with Crippen LogP contribution < -0.4 is 4.90 Å². The van der Waals surface area contributed by atoms with Crippen LogP contribution in [-0.2, 0) is 0 Å². The van der Waals surface area contributed by atoms with Gasteiger partial charge in [-0.1, -0.05) is 140 Å². The maximum Gasteiger partial charge on any atom is 0.0540 e. The molecule has 0 fully saturated rings. The van der Waals surface area contributed by atoms with Crippen molar-refractivity contribution in [3.8, 4) is 33.4 Å². The maximum absolute atomic E-state index is 2.43. The lowest BCUT2D eigenvalue weighted by Crippen LogP contribution is -2.11. The van der Waals surface area contributed by atoms with Crippen LogP contribution in [0.5, 0.6) is 0 Å². The van der Waals surface area contributed by atoms with Gasteiger partial charge in [0.25, 0.3) is 0 Å².